The first-order chi connectivity index (χ1) is 15.3. The van der Waals surface area contributed by atoms with Crippen LogP contribution in [0, 0.1) is 6.92 Å². The Balaban J connectivity index is 0.00000306. The number of aryl methyl sites for hydroxylation is 1. The van der Waals surface area contributed by atoms with Crippen LogP contribution in [-0.2, 0) is 11.2 Å². The average molecular weight is 486 g/mol. The van der Waals surface area contributed by atoms with Gasteiger partial charge in [-0.05, 0) is 59.3 Å². The van der Waals surface area contributed by atoms with Gasteiger partial charge in [0, 0.05) is 37.3 Å². The van der Waals surface area contributed by atoms with Crippen molar-refractivity contribution in [1.82, 2.24) is 8.75 Å². The summed E-state index contributed by atoms with van der Waals surface area (Å²) in [5, 5.41) is 14.2. The number of hydrogen-bond donors (Lipinski definition) is 0. The van der Waals surface area contributed by atoms with Crippen LogP contribution in [-0.4, -0.2) is 34.6 Å². The number of fused-ring (bicyclic) bond motifs is 1. The number of carboxylic acids is 1. The van der Waals surface area contributed by atoms with Gasteiger partial charge in [-0.25, -0.2) is 0 Å². The van der Waals surface area contributed by atoms with Gasteiger partial charge in [-0.15, -0.1) is 11.3 Å². The molecule has 2 aromatic heterocycles. The summed E-state index contributed by atoms with van der Waals surface area (Å²) >= 11 is 2.36. The second-order valence-electron chi connectivity index (χ2n) is 7.67. The van der Waals surface area contributed by atoms with Crippen molar-refractivity contribution in [3.05, 3.63) is 81.1 Å². The first-order valence-corrected chi connectivity index (χ1v) is 11.5. The van der Waals surface area contributed by atoms with E-state index in [1.165, 1.54) is 11.3 Å². The summed E-state index contributed by atoms with van der Waals surface area (Å²) in [5.41, 5.74) is 4.46. The maximum Gasteiger partial charge on any atom is 1.00 e. The fourth-order valence-corrected chi connectivity index (χ4v) is 4.87. The molecular weight excluding hydrogens is 465 g/mol. The number of carboxylic acid groups (broad SMARTS) is 1. The van der Waals surface area contributed by atoms with Crippen molar-refractivity contribution in [2.24, 2.45) is 0 Å². The van der Waals surface area contributed by atoms with Crippen LogP contribution in [0.4, 0.5) is 5.69 Å². The Morgan fingerprint density at radius 1 is 1.03 bits per heavy atom. The monoisotopic (exact) mass is 485 g/mol. The Hall–Kier alpha value is -2.36. The second-order valence-corrected chi connectivity index (χ2v) is 9.11. The number of benzene rings is 2. The molecule has 0 spiro atoms. The SMILES string of the molecule is Cc1csc(C(=O)C(Cc2cccc(N(C)C)c2)=C(C(=O)[O-])c2ccc3nsnc3c2)c1.[Na+]. The molecule has 2 heterocycles. The Bertz CT molecular complexity index is 1360. The average Bonchev–Trinajstić information content (AvgIpc) is 3.41. The van der Waals surface area contributed by atoms with Gasteiger partial charge in [0.05, 0.1) is 22.6 Å². The molecule has 9 heteroatoms. The van der Waals surface area contributed by atoms with E-state index in [1.807, 2.05) is 55.6 Å². The zero-order valence-corrected chi connectivity index (χ0v) is 22.4. The minimum Gasteiger partial charge on any atom is -0.545 e. The molecule has 33 heavy (non-hydrogen) atoms. The molecule has 0 atom stereocenters. The third-order valence-electron chi connectivity index (χ3n) is 5.08. The fraction of sp³-hybridized carbons (Fsp3) is 0.167. The summed E-state index contributed by atoms with van der Waals surface area (Å²) in [4.78, 5) is 28.4. The van der Waals surface area contributed by atoms with Crippen molar-refractivity contribution in [2.45, 2.75) is 13.3 Å². The van der Waals surface area contributed by atoms with E-state index in [0.29, 0.717) is 21.5 Å². The number of aromatic nitrogens is 2. The third-order valence-corrected chi connectivity index (χ3v) is 6.69. The van der Waals surface area contributed by atoms with Crippen molar-refractivity contribution in [1.29, 1.82) is 0 Å². The maximum atomic E-state index is 13.5. The molecule has 6 nitrogen and oxygen atoms in total. The normalized spacial score (nSPS) is 11.6. The minimum atomic E-state index is -1.40. The van der Waals surface area contributed by atoms with E-state index in [1.54, 1.807) is 24.3 Å². The van der Waals surface area contributed by atoms with Gasteiger partial charge in [0.2, 0.25) is 0 Å². The van der Waals surface area contributed by atoms with Gasteiger partial charge in [-0.1, -0.05) is 18.2 Å². The van der Waals surface area contributed by atoms with Crippen molar-refractivity contribution in [3.8, 4) is 0 Å². The molecular formula is C24H20N3NaO3S2. The molecule has 0 aliphatic carbocycles. The predicted molar refractivity (Wildman–Crippen MR) is 127 cm³/mol. The Morgan fingerprint density at radius 3 is 2.45 bits per heavy atom. The quantitative estimate of drug-likeness (QED) is 0.218. The van der Waals surface area contributed by atoms with Crippen LogP contribution in [0.15, 0.2) is 59.5 Å². The summed E-state index contributed by atoms with van der Waals surface area (Å²) in [6.45, 7) is 1.90. The first kappa shape index (κ1) is 25.3. The molecule has 0 N–H and O–H groups in total. The van der Waals surface area contributed by atoms with E-state index < -0.39 is 5.97 Å². The molecule has 162 valence electrons. The van der Waals surface area contributed by atoms with E-state index in [9.17, 15) is 14.7 Å². The van der Waals surface area contributed by atoms with Crippen molar-refractivity contribution < 1.29 is 44.3 Å². The second kappa shape index (κ2) is 10.7. The van der Waals surface area contributed by atoms with Crippen LogP contribution in [0.3, 0.4) is 0 Å². The molecule has 0 aliphatic rings. The van der Waals surface area contributed by atoms with Gasteiger partial charge in [0.1, 0.15) is 11.0 Å². The van der Waals surface area contributed by atoms with E-state index in [-0.39, 0.29) is 52.9 Å². The molecule has 0 amide bonds. The summed E-state index contributed by atoms with van der Waals surface area (Å²) < 4.78 is 8.38. The smallest absolute Gasteiger partial charge is 0.545 e. The van der Waals surface area contributed by atoms with Gasteiger partial charge in [-0.2, -0.15) is 8.75 Å². The Morgan fingerprint density at radius 2 is 1.79 bits per heavy atom. The number of rotatable bonds is 7. The Kier molecular flexibility index (Phi) is 8.20. The summed E-state index contributed by atoms with van der Waals surface area (Å²) in [6.07, 6.45) is 0.161. The number of ketones is 1. The number of thiophene rings is 1. The van der Waals surface area contributed by atoms with Gasteiger partial charge >= 0.3 is 29.6 Å². The fourth-order valence-electron chi connectivity index (χ4n) is 3.48. The van der Waals surface area contributed by atoms with Crippen LogP contribution in [0.25, 0.3) is 16.6 Å². The number of hydrogen-bond acceptors (Lipinski definition) is 8. The van der Waals surface area contributed by atoms with E-state index in [2.05, 4.69) is 8.75 Å². The van der Waals surface area contributed by atoms with Crippen molar-refractivity contribution >= 4 is 57.1 Å². The van der Waals surface area contributed by atoms with Gasteiger partial charge in [-0.3, -0.25) is 4.79 Å². The van der Waals surface area contributed by atoms with E-state index in [0.717, 1.165) is 28.5 Å². The summed E-state index contributed by atoms with van der Waals surface area (Å²) in [7, 11) is 3.86. The molecule has 0 fully saturated rings. The number of aliphatic carboxylic acids is 1. The summed E-state index contributed by atoms with van der Waals surface area (Å²) in [5.74, 6) is -1.71. The minimum absolute atomic E-state index is 0. The van der Waals surface area contributed by atoms with Crippen LogP contribution < -0.4 is 39.6 Å². The largest absolute Gasteiger partial charge is 1.00 e. The van der Waals surface area contributed by atoms with E-state index in [4.69, 9.17) is 0 Å². The zero-order valence-electron chi connectivity index (χ0n) is 18.8. The first-order valence-electron chi connectivity index (χ1n) is 9.87. The van der Waals surface area contributed by atoms with Crippen LogP contribution >= 0.6 is 23.1 Å². The number of carbonyl (C=O) groups is 2. The number of carbonyl (C=O) groups excluding carboxylic acids is 2. The molecule has 0 saturated heterocycles. The van der Waals surface area contributed by atoms with Gasteiger partial charge in [0.25, 0.3) is 0 Å². The van der Waals surface area contributed by atoms with Crippen LogP contribution in [0.2, 0.25) is 0 Å². The topological polar surface area (TPSA) is 86.2 Å². The third kappa shape index (κ3) is 5.59. The summed E-state index contributed by atoms with van der Waals surface area (Å²) in [6, 6.07) is 14.5. The van der Waals surface area contributed by atoms with E-state index >= 15 is 0 Å². The number of anilines is 1. The van der Waals surface area contributed by atoms with Crippen LogP contribution in [0.1, 0.15) is 26.4 Å². The molecule has 4 aromatic rings. The molecule has 0 bridgehead atoms. The van der Waals surface area contributed by atoms with Gasteiger partial charge in [0.15, 0.2) is 5.78 Å². The molecule has 2 aromatic carbocycles. The number of allylic oxidation sites excluding steroid dienone is 1. The standard InChI is InChI=1S/C24H21N3O3S2.Na/c1-14-9-21(31-13-14)23(28)18(11-15-5-4-6-17(10-15)27(2)3)22(24(29)30)16-7-8-19-20(12-16)26-32-25-19;/h4-10,12-13H,11H2,1-3H3,(H,29,30);/q;+1/p-1. The zero-order chi connectivity index (χ0) is 22.8. The molecule has 0 aliphatic heterocycles. The molecule has 4 rings (SSSR count). The van der Waals surface area contributed by atoms with Crippen molar-refractivity contribution in [2.75, 3.05) is 19.0 Å². The predicted octanol–water partition coefficient (Wildman–Crippen LogP) is 0.760. The number of Topliss-reactive ketones (excluding diaryl/α,β-unsaturated/α-hetero) is 1. The molecule has 0 unspecified atom stereocenters. The van der Waals surface area contributed by atoms with Gasteiger partial charge < -0.3 is 14.8 Å². The molecule has 0 saturated carbocycles. The number of nitrogens with zero attached hydrogens (tertiary/aromatic N) is 3. The van der Waals surface area contributed by atoms with Crippen molar-refractivity contribution in [3.63, 3.8) is 0 Å². The molecule has 0 radical (unpaired) electrons. The van der Waals surface area contributed by atoms with Crippen LogP contribution in [0.5, 0.6) is 0 Å². The Labute approximate surface area is 222 Å². The maximum absolute atomic E-state index is 13.5.